The van der Waals surface area contributed by atoms with Crippen LogP contribution >= 0.6 is 0 Å². The SMILES string of the molecule is O=C(NCC[C@H](O)c1ccoc1)C(=O)Nc1ccc(F)cc1F. The third-order valence-electron chi connectivity index (χ3n) is 3.02. The van der Waals surface area contributed by atoms with E-state index in [0.29, 0.717) is 11.6 Å². The van der Waals surface area contributed by atoms with Gasteiger partial charge >= 0.3 is 11.8 Å². The van der Waals surface area contributed by atoms with Gasteiger partial charge in [0.25, 0.3) is 0 Å². The van der Waals surface area contributed by atoms with Gasteiger partial charge in [-0.2, -0.15) is 0 Å². The van der Waals surface area contributed by atoms with Crippen molar-refractivity contribution in [3.05, 3.63) is 54.0 Å². The summed E-state index contributed by atoms with van der Waals surface area (Å²) < 4.78 is 30.9. The second-order valence-corrected chi connectivity index (χ2v) is 4.70. The highest BCUT2D eigenvalue weighted by Crippen LogP contribution is 2.16. The summed E-state index contributed by atoms with van der Waals surface area (Å²) in [6.07, 6.45) is 2.11. The lowest BCUT2D eigenvalue weighted by atomic mass is 10.1. The average molecular weight is 324 g/mol. The molecule has 0 fully saturated rings. The van der Waals surface area contributed by atoms with Crippen LogP contribution in [0.3, 0.4) is 0 Å². The lowest BCUT2D eigenvalue weighted by Crippen LogP contribution is -2.36. The predicted molar refractivity (Wildman–Crippen MR) is 76.3 cm³/mol. The number of aliphatic hydroxyl groups excluding tert-OH is 1. The number of hydrogen-bond donors (Lipinski definition) is 3. The molecule has 0 bridgehead atoms. The number of furan rings is 1. The molecular weight excluding hydrogens is 310 g/mol. The molecule has 2 rings (SSSR count). The Bertz CT molecular complexity index is 689. The van der Waals surface area contributed by atoms with E-state index in [4.69, 9.17) is 4.42 Å². The van der Waals surface area contributed by atoms with Crippen molar-refractivity contribution in [3.8, 4) is 0 Å². The molecule has 0 spiro atoms. The minimum Gasteiger partial charge on any atom is -0.472 e. The summed E-state index contributed by atoms with van der Waals surface area (Å²) in [4.78, 5) is 23.2. The maximum absolute atomic E-state index is 13.4. The third kappa shape index (κ3) is 4.62. The molecule has 0 aliphatic rings. The maximum Gasteiger partial charge on any atom is 0.313 e. The summed E-state index contributed by atoms with van der Waals surface area (Å²) in [7, 11) is 0. The lowest BCUT2D eigenvalue weighted by Gasteiger charge is -2.10. The number of amides is 2. The Morgan fingerprint density at radius 1 is 1.22 bits per heavy atom. The number of aliphatic hydroxyl groups is 1. The summed E-state index contributed by atoms with van der Waals surface area (Å²) in [5.74, 6) is -3.86. The fraction of sp³-hybridized carbons (Fsp3) is 0.200. The van der Waals surface area contributed by atoms with E-state index >= 15 is 0 Å². The summed E-state index contributed by atoms with van der Waals surface area (Å²) in [6, 6.07) is 4.14. The summed E-state index contributed by atoms with van der Waals surface area (Å²) in [5.41, 5.74) is 0.252. The number of benzene rings is 1. The minimum atomic E-state index is -1.09. The molecule has 0 unspecified atom stereocenters. The highest BCUT2D eigenvalue weighted by Gasteiger charge is 2.16. The molecule has 1 aromatic heterocycles. The van der Waals surface area contributed by atoms with Crippen LogP contribution < -0.4 is 10.6 Å². The van der Waals surface area contributed by atoms with E-state index in [1.54, 1.807) is 6.07 Å². The quantitative estimate of drug-likeness (QED) is 0.731. The number of carbonyl (C=O) groups is 2. The van der Waals surface area contributed by atoms with E-state index < -0.39 is 29.6 Å². The molecular formula is C15H14F2N2O4. The van der Waals surface area contributed by atoms with Crippen molar-refractivity contribution in [1.82, 2.24) is 5.32 Å². The van der Waals surface area contributed by atoms with E-state index in [9.17, 15) is 23.5 Å². The zero-order valence-corrected chi connectivity index (χ0v) is 11.9. The van der Waals surface area contributed by atoms with Crippen LogP contribution in [0.1, 0.15) is 18.1 Å². The molecule has 2 aromatic rings. The van der Waals surface area contributed by atoms with Crippen molar-refractivity contribution in [2.45, 2.75) is 12.5 Å². The molecule has 2 amide bonds. The van der Waals surface area contributed by atoms with Crippen molar-refractivity contribution in [1.29, 1.82) is 0 Å². The van der Waals surface area contributed by atoms with Gasteiger partial charge in [-0.3, -0.25) is 9.59 Å². The van der Waals surface area contributed by atoms with Gasteiger partial charge in [0, 0.05) is 18.2 Å². The molecule has 8 heteroatoms. The standard InChI is InChI=1S/C15H14F2N2O4/c16-10-1-2-12(11(17)7-10)19-15(22)14(21)18-5-3-13(20)9-4-6-23-8-9/h1-2,4,6-8,13,20H,3,5H2,(H,18,21)(H,19,22)/t13-/m0/s1. The van der Waals surface area contributed by atoms with Crippen molar-refractivity contribution < 1.29 is 27.9 Å². The molecule has 0 aliphatic heterocycles. The van der Waals surface area contributed by atoms with Crippen molar-refractivity contribution in [2.24, 2.45) is 0 Å². The highest BCUT2D eigenvalue weighted by atomic mass is 19.1. The molecule has 0 saturated carbocycles. The van der Waals surface area contributed by atoms with Gasteiger partial charge in [-0.05, 0) is 24.6 Å². The zero-order valence-electron chi connectivity index (χ0n) is 11.9. The predicted octanol–water partition coefficient (Wildman–Crippen LogP) is 1.74. The Morgan fingerprint density at radius 2 is 2.00 bits per heavy atom. The van der Waals surface area contributed by atoms with Gasteiger partial charge in [0.1, 0.15) is 11.6 Å². The number of rotatable bonds is 5. The fourth-order valence-corrected chi connectivity index (χ4v) is 1.80. The topological polar surface area (TPSA) is 91.6 Å². The van der Waals surface area contributed by atoms with Crippen LogP contribution in [0.25, 0.3) is 0 Å². The van der Waals surface area contributed by atoms with Crippen LogP contribution in [-0.4, -0.2) is 23.5 Å². The van der Waals surface area contributed by atoms with Gasteiger partial charge in [0.15, 0.2) is 0 Å². The number of carbonyl (C=O) groups excluding carboxylic acids is 2. The van der Waals surface area contributed by atoms with Gasteiger partial charge < -0.3 is 20.2 Å². The molecule has 0 radical (unpaired) electrons. The summed E-state index contributed by atoms with van der Waals surface area (Å²) in [5, 5.41) is 14.1. The largest absolute Gasteiger partial charge is 0.472 e. The van der Waals surface area contributed by atoms with E-state index in [1.807, 2.05) is 5.32 Å². The number of anilines is 1. The van der Waals surface area contributed by atoms with E-state index in [-0.39, 0.29) is 18.7 Å². The molecule has 6 nitrogen and oxygen atoms in total. The van der Waals surface area contributed by atoms with Gasteiger partial charge in [-0.1, -0.05) is 0 Å². The highest BCUT2D eigenvalue weighted by molar-refractivity contribution is 6.39. The van der Waals surface area contributed by atoms with Crippen LogP contribution in [-0.2, 0) is 9.59 Å². The van der Waals surface area contributed by atoms with Gasteiger partial charge in [-0.15, -0.1) is 0 Å². The first kappa shape index (κ1) is 16.6. The molecule has 23 heavy (non-hydrogen) atoms. The van der Waals surface area contributed by atoms with Gasteiger partial charge in [0.05, 0.1) is 24.3 Å². The third-order valence-corrected chi connectivity index (χ3v) is 3.02. The monoisotopic (exact) mass is 324 g/mol. The van der Waals surface area contributed by atoms with Crippen molar-refractivity contribution in [2.75, 3.05) is 11.9 Å². The minimum absolute atomic E-state index is 0.0322. The Labute approximate surface area is 130 Å². The van der Waals surface area contributed by atoms with Gasteiger partial charge in [0.2, 0.25) is 0 Å². The second-order valence-electron chi connectivity index (χ2n) is 4.70. The Morgan fingerprint density at radius 3 is 2.65 bits per heavy atom. The normalized spacial score (nSPS) is 11.8. The maximum atomic E-state index is 13.4. The zero-order chi connectivity index (χ0) is 16.8. The Hall–Kier alpha value is -2.74. The van der Waals surface area contributed by atoms with Crippen LogP contribution in [0.4, 0.5) is 14.5 Å². The van der Waals surface area contributed by atoms with Crippen LogP contribution in [0.5, 0.6) is 0 Å². The van der Waals surface area contributed by atoms with E-state index in [2.05, 4.69) is 5.32 Å². The average Bonchev–Trinajstić information content (AvgIpc) is 3.04. The molecule has 1 aromatic carbocycles. The Balaban J connectivity index is 1.80. The smallest absolute Gasteiger partial charge is 0.313 e. The molecule has 3 N–H and O–H groups in total. The molecule has 122 valence electrons. The van der Waals surface area contributed by atoms with Crippen molar-refractivity contribution in [3.63, 3.8) is 0 Å². The van der Waals surface area contributed by atoms with Crippen LogP contribution in [0.15, 0.2) is 41.2 Å². The molecule has 0 aliphatic carbocycles. The first-order chi connectivity index (χ1) is 11.0. The first-order valence-corrected chi connectivity index (χ1v) is 6.72. The summed E-state index contributed by atoms with van der Waals surface area (Å²) in [6.45, 7) is 0.0322. The van der Waals surface area contributed by atoms with Crippen LogP contribution in [0, 0.1) is 11.6 Å². The molecule has 0 saturated heterocycles. The number of hydrogen-bond acceptors (Lipinski definition) is 4. The van der Waals surface area contributed by atoms with Crippen LogP contribution in [0.2, 0.25) is 0 Å². The molecule has 1 atom stereocenters. The summed E-state index contributed by atoms with van der Waals surface area (Å²) >= 11 is 0. The fourth-order valence-electron chi connectivity index (χ4n) is 1.80. The number of halogens is 2. The van der Waals surface area contributed by atoms with E-state index in [0.717, 1.165) is 12.1 Å². The second kappa shape index (κ2) is 7.50. The number of nitrogens with one attached hydrogen (secondary N) is 2. The first-order valence-electron chi connectivity index (χ1n) is 6.72. The van der Waals surface area contributed by atoms with E-state index in [1.165, 1.54) is 12.5 Å². The Kier molecular flexibility index (Phi) is 5.42. The molecule has 1 heterocycles. The van der Waals surface area contributed by atoms with Crippen molar-refractivity contribution >= 4 is 17.5 Å². The van der Waals surface area contributed by atoms with Gasteiger partial charge in [-0.25, -0.2) is 8.78 Å². The lowest BCUT2D eigenvalue weighted by molar-refractivity contribution is -0.136.